The van der Waals surface area contributed by atoms with Gasteiger partial charge in [0.1, 0.15) is 13.2 Å². The molecule has 1 unspecified atom stereocenters. The summed E-state index contributed by atoms with van der Waals surface area (Å²) >= 11 is 0. The largest absolute Gasteiger partial charge is 0.462 e. The SMILES string of the molecule is CC\C=C/C=C\C=C/C=C\CCCCCC(=O)OCC(COC(=O)CCCCCCCCC\C=C/C=C\C=C/CC)OC(=O)CCCCCCCCC/C=C\C/C=C\CC. The fourth-order valence-corrected chi connectivity index (χ4v) is 6.14. The molecule has 6 heteroatoms. The third kappa shape index (κ3) is 45.2. The standard InChI is InChI=1S/C54H86O6/c1-4-7-10-13-16-19-22-25-27-30-32-35-38-41-44-47-53(56)59-50-51(49-58-52(55)46-43-40-37-34-31-28-24-21-18-15-12-9-6-3)60-54(57)48-45-42-39-36-33-29-26-23-20-17-14-11-8-5-2/h7-13,15-22,24,28,31,51H,4-6,14,23,25-27,29-30,32-50H2,1-3H3/b10-7-,11-8-,12-9-,16-13-,18-15-,20-17-,22-19-,24-21-,31-28-. The monoisotopic (exact) mass is 831 g/mol. The molecule has 0 rings (SSSR count). The molecule has 0 saturated heterocycles. The molecule has 0 fully saturated rings. The minimum absolute atomic E-state index is 0.103. The molecule has 0 N–H and O–H groups in total. The zero-order chi connectivity index (χ0) is 43.7. The molecule has 0 radical (unpaired) electrons. The van der Waals surface area contributed by atoms with Crippen LogP contribution < -0.4 is 0 Å². The van der Waals surface area contributed by atoms with E-state index < -0.39 is 6.10 Å². The lowest BCUT2D eigenvalue weighted by Crippen LogP contribution is -2.30. The van der Waals surface area contributed by atoms with Crippen LogP contribution in [0.1, 0.15) is 194 Å². The molecule has 1 atom stereocenters. The lowest BCUT2D eigenvalue weighted by molar-refractivity contribution is -0.167. The molecule has 0 aromatic rings. The Kier molecular flexibility index (Phi) is 44.6. The maximum Gasteiger partial charge on any atom is 0.306 e. The van der Waals surface area contributed by atoms with Crippen LogP contribution in [0.15, 0.2) is 109 Å². The summed E-state index contributed by atoms with van der Waals surface area (Å²) < 4.78 is 16.7. The Bertz CT molecular complexity index is 1280. The minimum Gasteiger partial charge on any atom is -0.462 e. The quantitative estimate of drug-likeness (QED) is 0.0201. The Labute approximate surface area is 368 Å². The van der Waals surface area contributed by atoms with Crippen LogP contribution in [0, 0.1) is 0 Å². The molecule has 6 nitrogen and oxygen atoms in total. The number of carbonyl (C=O) groups excluding carboxylic acids is 3. The van der Waals surface area contributed by atoms with Crippen molar-refractivity contribution < 1.29 is 28.6 Å². The van der Waals surface area contributed by atoms with Crippen molar-refractivity contribution in [2.45, 2.75) is 200 Å². The fraction of sp³-hybridized carbons (Fsp3) is 0.611. The first kappa shape index (κ1) is 56.1. The first-order chi connectivity index (χ1) is 29.5. The maximum atomic E-state index is 12.8. The highest BCUT2D eigenvalue weighted by Gasteiger charge is 2.19. The van der Waals surface area contributed by atoms with Gasteiger partial charge in [-0.3, -0.25) is 14.4 Å². The second-order valence-electron chi connectivity index (χ2n) is 15.4. The van der Waals surface area contributed by atoms with E-state index in [4.69, 9.17) is 14.2 Å². The van der Waals surface area contributed by atoms with Gasteiger partial charge in [0.15, 0.2) is 6.10 Å². The van der Waals surface area contributed by atoms with E-state index >= 15 is 0 Å². The summed E-state index contributed by atoms with van der Waals surface area (Å²) in [6, 6.07) is 0. The van der Waals surface area contributed by atoms with Crippen LogP contribution in [0.3, 0.4) is 0 Å². The van der Waals surface area contributed by atoms with Gasteiger partial charge in [-0.25, -0.2) is 0 Å². The number of unbranched alkanes of at least 4 members (excludes halogenated alkanes) is 17. The molecular weight excluding hydrogens is 745 g/mol. The third-order valence-corrected chi connectivity index (χ3v) is 9.66. The zero-order valence-corrected chi connectivity index (χ0v) is 38.4. The zero-order valence-electron chi connectivity index (χ0n) is 38.4. The van der Waals surface area contributed by atoms with E-state index in [2.05, 4.69) is 93.7 Å². The van der Waals surface area contributed by atoms with E-state index in [-0.39, 0.29) is 31.1 Å². The van der Waals surface area contributed by atoms with Crippen LogP contribution in [-0.4, -0.2) is 37.2 Å². The van der Waals surface area contributed by atoms with Gasteiger partial charge in [-0.1, -0.05) is 201 Å². The average Bonchev–Trinajstić information content (AvgIpc) is 3.24. The van der Waals surface area contributed by atoms with Gasteiger partial charge in [0.25, 0.3) is 0 Å². The molecule has 0 bridgehead atoms. The summed E-state index contributed by atoms with van der Waals surface area (Å²) in [6.45, 7) is 6.19. The van der Waals surface area contributed by atoms with Crippen LogP contribution >= 0.6 is 0 Å². The van der Waals surface area contributed by atoms with Gasteiger partial charge >= 0.3 is 17.9 Å². The van der Waals surface area contributed by atoms with E-state index in [9.17, 15) is 14.4 Å². The number of rotatable bonds is 41. The highest BCUT2D eigenvalue weighted by atomic mass is 16.6. The molecule has 0 aromatic carbocycles. The van der Waals surface area contributed by atoms with Gasteiger partial charge in [0.05, 0.1) is 0 Å². The summed E-state index contributed by atoms with van der Waals surface area (Å²) in [5.74, 6) is -0.972. The van der Waals surface area contributed by atoms with Crippen molar-refractivity contribution in [3.8, 4) is 0 Å². The molecule has 338 valence electrons. The van der Waals surface area contributed by atoms with Gasteiger partial charge < -0.3 is 14.2 Å². The summed E-state index contributed by atoms with van der Waals surface area (Å²) in [5, 5.41) is 0. The van der Waals surface area contributed by atoms with E-state index in [1.165, 1.54) is 51.4 Å². The van der Waals surface area contributed by atoms with Crippen molar-refractivity contribution in [3.63, 3.8) is 0 Å². The number of carbonyl (C=O) groups is 3. The first-order valence-electron chi connectivity index (χ1n) is 24.0. The summed E-state index contributed by atoms with van der Waals surface area (Å²) in [7, 11) is 0. The van der Waals surface area contributed by atoms with Crippen LogP contribution in [0.2, 0.25) is 0 Å². The van der Waals surface area contributed by atoms with Crippen LogP contribution in [-0.2, 0) is 28.6 Å². The number of hydrogen-bond acceptors (Lipinski definition) is 6. The summed E-state index contributed by atoms with van der Waals surface area (Å²) in [6.07, 6.45) is 63.5. The van der Waals surface area contributed by atoms with Gasteiger partial charge in [-0.15, -0.1) is 0 Å². The topological polar surface area (TPSA) is 78.9 Å². The lowest BCUT2D eigenvalue weighted by atomic mass is 10.1. The molecule has 0 aromatic heterocycles. The molecule has 0 amide bonds. The molecule has 0 aliphatic rings. The number of ether oxygens (including phenoxy) is 3. The van der Waals surface area contributed by atoms with Crippen molar-refractivity contribution in [3.05, 3.63) is 109 Å². The molecule has 0 spiro atoms. The fourth-order valence-electron chi connectivity index (χ4n) is 6.14. The molecule has 0 aliphatic carbocycles. The van der Waals surface area contributed by atoms with E-state index in [1.807, 2.05) is 36.5 Å². The number of esters is 3. The Morgan fingerprint density at radius 1 is 0.350 bits per heavy atom. The summed E-state index contributed by atoms with van der Waals surface area (Å²) in [5.41, 5.74) is 0. The smallest absolute Gasteiger partial charge is 0.306 e. The van der Waals surface area contributed by atoms with Gasteiger partial charge in [-0.2, -0.15) is 0 Å². The Hall–Kier alpha value is -3.93. The Balaban J connectivity index is 4.49. The van der Waals surface area contributed by atoms with Gasteiger partial charge in [-0.05, 0) is 83.5 Å². The van der Waals surface area contributed by atoms with Crippen LogP contribution in [0.5, 0.6) is 0 Å². The van der Waals surface area contributed by atoms with Gasteiger partial charge in [0.2, 0.25) is 0 Å². The maximum absolute atomic E-state index is 12.8. The second kappa shape index (κ2) is 47.7. The third-order valence-electron chi connectivity index (χ3n) is 9.66. The van der Waals surface area contributed by atoms with Crippen molar-refractivity contribution in [1.82, 2.24) is 0 Å². The van der Waals surface area contributed by atoms with Crippen LogP contribution in [0.4, 0.5) is 0 Å². The van der Waals surface area contributed by atoms with Crippen molar-refractivity contribution in [2.24, 2.45) is 0 Å². The lowest BCUT2D eigenvalue weighted by Gasteiger charge is -2.18. The predicted octanol–water partition coefficient (Wildman–Crippen LogP) is 15.6. The van der Waals surface area contributed by atoms with Gasteiger partial charge in [0, 0.05) is 19.3 Å². The van der Waals surface area contributed by atoms with E-state index in [0.717, 1.165) is 103 Å². The molecular formula is C54H86O6. The molecule has 0 saturated carbocycles. The van der Waals surface area contributed by atoms with Crippen molar-refractivity contribution in [2.75, 3.05) is 13.2 Å². The summed E-state index contributed by atoms with van der Waals surface area (Å²) in [4.78, 5) is 37.9. The molecule has 60 heavy (non-hydrogen) atoms. The Morgan fingerprint density at radius 3 is 1.13 bits per heavy atom. The Morgan fingerprint density at radius 2 is 0.683 bits per heavy atom. The number of allylic oxidation sites excluding steroid dienone is 18. The predicted molar refractivity (Wildman–Crippen MR) is 256 cm³/mol. The average molecular weight is 831 g/mol. The highest BCUT2D eigenvalue weighted by molar-refractivity contribution is 5.71. The van der Waals surface area contributed by atoms with Crippen molar-refractivity contribution in [1.29, 1.82) is 0 Å². The van der Waals surface area contributed by atoms with Crippen molar-refractivity contribution >= 4 is 17.9 Å². The number of hydrogen-bond donors (Lipinski definition) is 0. The normalized spacial score (nSPS) is 13.1. The highest BCUT2D eigenvalue weighted by Crippen LogP contribution is 2.13. The van der Waals surface area contributed by atoms with E-state index in [0.29, 0.717) is 19.3 Å². The second-order valence-corrected chi connectivity index (χ2v) is 15.4. The molecule has 0 aliphatic heterocycles. The van der Waals surface area contributed by atoms with E-state index in [1.54, 1.807) is 0 Å². The molecule has 0 heterocycles. The van der Waals surface area contributed by atoms with Crippen LogP contribution in [0.25, 0.3) is 0 Å². The minimum atomic E-state index is -0.804. The first-order valence-corrected chi connectivity index (χ1v) is 24.0.